The molecular weight excluding hydrogens is 304 g/mol. The predicted octanol–water partition coefficient (Wildman–Crippen LogP) is 1.33. The van der Waals surface area contributed by atoms with Crippen LogP contribution in [0.1, 0.15) is 6.42 Å². The first-order valence-corrected chi connectivity index (χ1v) is 6.77. The Morgan fingerprint density at radius 3 is 2.80 bits per heavy atom. The molecule has 1 saturated heterocycles. The Hall–Kier alpha value is -0.580. The Morgan fingerprint density at radius 1 is 1.50 bits per heavy atom. The molecule has 0 aromatic rings. The van der Waals surface area contributed by atoms with Crippen LogP contribution in [0.5, 0.6) is 0 Å². The molecular formula is C10H14F4N2O3S. The molecule has 2 aliphatic heterocycles. The fourth-order valence-electron chi connectivity index (χ4n) is 1.93. The summed E-state index contributed by atoms with van der Waals surface area (Å²) in [6, 6.07) is -0.488. The Bertz CT molecular complexity index is 374. The van der Waals surface area contributed by atoms with Gasteiger partial charge in [0.15, 0.2) is 5.17 Å². The molecule has 0 radical (unpaired) electrons. The number of hydrogen-bond donors (Lipinski definition) is 1. The smallest absolute Gasteiger partial charge is 0.266 e. The number of aliphatic hydroxyl groups is 1. The fraction of sp³-hybridized carbons (Fsp3) is 0.900. The quantitative estimate of drug-likeness (QED) is 0.626. The summed E-state index contributed by atoms with van der Waals surface area (Å²) in [4.78, 5) is 8.90. The average Bonchev–Trinajstić information content (AvgIpc) is 2.77. The number of halogens is 4. The second kappa shape index (κ2) is 6.46. The summed E-state index contributed by atoms with van der Waals surface area (Å²) in [5.41, 5.74) is -0.662. The van der Waals surface area contributed by atoms with Crippen molar-refractivity contribution in [3.8, 4) is 0 Å². The van der Waals surface area contributed by atoms with Crippen molar-refractivity contribution in [3.05, 3.63) is 0 Å². The van der Waals surface area contributed by atoms with E-state index in [0.29, 0.717) is 0 Å². The minimum atomic E-state index is -2.79. The van der Waals surface area contributed by atoms with Crippen molar-refractivity contribution in [1.29, 1.82) is 0 Å². The maximum atomic E-state index is 12.6. The van der Waals surface area contributed by atoms with E-state index in [0.717, 1.165) is 16.8 Å². The summed E-state index contributed by atoms with van der Waals surface area (Å²) in [5.74, 6) is 0. The third-order valence-electron chi connectivity index (χ3n) is 2.88. The van der Waals surface area contributed by atoms with Gasteiger partial charge in [0.2, 0.25) is 0 Å². The van der Waals surface area contributed by atoms with E-state index in [4.69, 9.17) is 9.57 Å². The molecule has 0 aromatic carbocycles. The first-order valence-electron chi connectivity index (χ1n) is 5.89. The van der Waals surface area contributed by atoms with E-state index in [9.17, 15) is 22.7 Å². The highest BCUT2D eigenvalue weighted by atomic mass is 32.2. The molecule has 0 bridgehead atoms. The fourth-order valence-corrected chi connectivity index (χ4v) is 3.05. The average molecular weight is 318 g/mol. The molecule has 0 aromatic heterocycles. The van der Waals surface area contributed by atoms with Crippen molar-refractivity contribution in [2.75, 3.05) is 13.7 Å². The second-order valence-electron chi connectivity index (χ2n) is 4.39. The van der Waals surface area contributed by atoms with Gasteiger partial charge in [-0.2, -0.15) is 0 Å². The second-order valence-corrected chi connectivity index (χ2v) is 5.45. The van der Waals surface area contributed by atoms with Gasteiger partial charge in [-0.05, 0) is 0 Å². The monoisotopic (exact) mass is 318 g/mol. The Balaban J connectivity index is 1.93. The minimum absolute atomic E-state index is 0.0405. The summed E-state index contributed by atoms with van der Waals surface area (Å²) < 4.78 is 54.5. The van der Waals surface area contributed by atoms with Gasteiger partial charge in [0.1, 0.15) is 18.1 Å². The Morgan fingerprint density at radius 2 is 2.20 bits per heavy atom. The van der Waals surface area contributed by atoms with E-state index in [1.54, 1.807) is 0 Å². The first-order chi connectivity index (χ1) is 9.38. The van der Waals surface area contributed by atoms with E-state index in [1.807, 2.05) is 0 Å². The van der Waals surface area contributed by atoms with Crippen LogP contribution in [-0.4, -0.2) is 65.5 Å². The topological polar surface area (TPSA) is 54.3 Å². The van der Waals surface area contributed by atoms with Gasteiger partial charge in [-0.15, -0.1) is 0 Å². The van der Waals surface area contributed by atoms with Crippen molar-refractivity contribution in [2.45, 2.75) is 43.0 Å². The highest BCUT2D eigenvalue weighted by Crippen LogP contribution is 2.38. The molecule has 0 amide bonds. The zero-order valence-electron chi connectivity index (χ0n) is 10.5. The molecule has 2 aliphatic rings. The van der Waals surface area contributed by atoms with Gasteiger partial charge in [0, 0.05) is 13.5 Å². The van der Waals surface area contributed by atoms with Crippen LogP contribution >= 0.6 is 11.8 Å². The SMILES string of the molecule is CN(OCC(F)F)C1=N[C@@H]2C[C@H](O)C(C(F)F)O[C@@H]2S1. The van der Waals surface area contributed by atoms with Gasteiger partial charge in [-0.1, -0.05) is 11.8 Å². The number of aliphatic hydroxyl groups excluding tert-OH is 1. The molecule has 116 valence electrons. The lowest BCUT2D eigenvalue weighted by Gasteiger charge is -2.33. The number of thioether (sulfide) groups is 1. The molecule has 10 heteroatoms. The third kappa shape index (κ3) is 3.54. The van der Waals surface area contributed by atoms with Crippen LogP contribution in [0, 0.1) is 0 Å². The number of rotatable bonds is 4. The predicted molar refractivity (Wildman–Crippen MR) is 63.8 cm³/mol. The van der Waals surface area contributed by atoms with Crippen molar-refractivity contribution < 1.29 is 32.2 Å². The highest BCUT2D eigenvalue weighted by molar-refractivity contribution is 8.14. The summed E-state index contributed by atoms with van der Waals surface area (Å²) >= 11 is 1.02. The molecule has 20 heavy (non-hydrogen) atoms. The zero-order chi connectivity index (χ0) is 14.9. The molecule has 0 saturated carbocycles. The number of aliphatic imine (C=N–C) groups is 1. The molecule has 2 heterocycles. The standard InChI is InChI=1S/C10H14F4N2O3S/c1-16(18-3-6(11)12)10-15-4-2-5(17)7(8(13)14)19-9(4)20-10/h4-9,17H,2-3H2,1H3/t4-,5+,7?,9-/m1/s1. The van der Waals surface area contributed by atoms with E-state index in [-0.39, 0.29) is 11.6 Å². The molecule has 5 nitrogen and oxygen atoms in total. The molecule has 4 atom stereocenters. The molecule has 2 rings (SSSR count). The van der Waals surface area contributed by atoms with E-state index in [1.165, 1.54) is 7.05 Å². The Labute approximate surface area is 116 Å². The van der Waals surface area contributed by atoms with Crippen LogP contribution in [0.4, 0.5) is 17.6 Å². The lowest BCUT2D eigenvalue weighted by atomic mass is 10.0. The lowest BCUT2D eigenvalue weighted by molar-refractivity contribution is -0.152. The highest BCUT2D eigenvalue weighted by Gasteiger charge is 2.45. The normalized spacial score (nSPS) is 33.5. The zero-order valence-corrected chi connectivity index (χ0v) is 11.3. The number of hydrogen-bond acceptors (Lipinski definition) is 6. The summed E-state index contributed by atoms with van der Waals surface area (Å²) in [6.45, 7) is -0.783. The van der Waals surface area contributed by atoms with E-state index >= 15 is 0 Å². The number of amidine groups is 1. The maximum absolute atomic E-state index is 12.6. The maximum Gasteiger partial charge on any atom is 0.266 e. The van der Waals surface area contributed by atoms with Gasteiger partial charge >= 0.3 is 0 Å². The summed E-state index contributed by atoms with van der Waals surface area (Å²) in [5, 5.41) is 10.9. The lowest BCUT2D eigenvalue weighted by Crippen LogP contribution is -2.47. The van der Waals surface area contributed by atoms with Gasteiger partial charge in [-0.25, -0.2) is 22.6 Å². The van der Waals surface area contributed by atoms with Crippen LogP contribution < -0.4 is 0 Å². The van der Waals surface area contributed by atoms with E-state index < -0.39 is 43.1 Å². The summed E-state index contributed by atoms with van der Waals surface area (Å²) in [6.07, 6.45) is -8.21. The van der Waals surface area contributed by atoms with Crippen LogP contribution in [-0.2, 0) is 9.57 Å². The number of nitrogens with zero attached hydrogens (tertiary/aromatic N) is 2. The molecule has 0 aliphatic carbocycles. The number of ether oxygens (including phenoxy) is 1. The van der Waals surface area contributed by atoms with Gasteiger partial charge in [0.25, 0.3) is 12.9 Å². The molecule has 1 N–H and O–H groups in total. The van der Waals surface area contributed by atoms with E-state index in [2.05, 4.69) is 4.99 Å². The number of alkyl halides is 4. The van der Waals surface area contributed by atoms with Gasteiger partial charge in [-0.3, -0.25) is 9.83 Å². The van der Waals surface area contributed by atoms with Gasteiger partial charge in [0.05, 0.1) is 12.1 Å². The van der Waals surface area contributed by atoms with Crippen molar-refractivity contribution >= 4 is 16.9 Å². The molecule has 0 spiro atoms. The minimum Gasteiger partial charge on any atom is -0.390 e. The van der Waals surface area contributed by atoms with Crippen LogP contribution in [0.2, 0.25) is 0 Å². The number of fused-ring (bicyclic) bond motifs is 1. The Kier molecular flexibility index (Phi) is 5.10. The van der Waals surface area contributed by atoms with Crippen LogP contribution in [0.3, 0.4) is 0 Å². The van der Waals surface area contributed by atoms with Crippen molar-refractivity contribution in [2.24, 2.45) is 4.99 Å². The number of hydroxylamine groups is 2. The van der Waals surface area contributed by atoms with Crippen LogP contribution in [0.15, 0.2) is 4.99 Å². The van der Waals surface area contributed by atoms with Crippen molar-refractivity contribution in [1.82, 2.24) is 5.06 Å². The first kappa shape index (κ1) is 15.8. The largest absolute Gasteiger partial charge is 0.390 e. The molecule has 1 unspecified atom stereocenters. The summed E-state index contributed by atoms with van der Waals surface area (Å²) in [7, 11) is 1.40. The van der Waals surface area contributed by atoms with Crippen LogP contribution in [0.25, 0.3) is 0 Å². The molecule has 1 fully saturated rings. The van der Waals surface area contributed by atoms with Crippen molar-refractivity contribution in [3.63, 3.8) is 0 Å². The van der Waals surface area contributed by atoms with Gasteiger partial charge < -0.3 is 9.84 Å². The third-order valence-corrected chi connectivity index (χ3v) is 4.11.